The third kappa shape index (κ3) is 5.73. The predicted molar refractivity (Wildman–Crippen MR) is 158 cm³/mol. The lowest BCUT2D eigenvalue weighted by molar-refractivity contribution is -0.138. The van der Waals surface area contributed by atoms with Gasteiger partial charge in [0.05, 0.1) is 23.8 Å². The van der Waals surface area contributed by atoms with Crippen LogP contribution in [0.25, 0.3) is 0 Å². The summed E-state index contributed by atoms with van der Waals surface area (Å²) in [6.07, 6.45) is 0.206. The maximum Gasteiger partial charge on any atom is 0.303 e. The zero-order valence-corrected chi connectivity index (χ0v) is 23.3. The van der Waals surface area contributed by atoms with E-state index in [4.69, 9.17) is 0 Å². The Hall–Kier alpha value is -4.46. The van der Waals surface area contributed by atoms with Crippen LogP contribution in [0, 0.1) is 5.82 Å². The smallest absolute Gasteiger partial charge is 0.303 e. The van der Waals surface area contributed by atoms with E-state index in [2.05, 4.69) is 24.1 Å². The van der Waals surface area contributed by atoms with Crippen molar-refractivity contribution in [3.8, 4) is 0 Å². The number of carbonyl (C=O) groups excluding carboxylic acids is 2. The molecule has 3 aromatic carbocycles. The van der Waals surface area contributed by atoms with E-state index in [0.29, 0.717) is 23.4 Å². The van der Waals surface area contributed by atoms with Crippen molar-refractivity contribution in [2.45, 2.75) is 51.5 Å². The number of Topliss-reactive ketones (excluding diaryl/α,β-unsaturated/α-hetero) is 1. The number of nitrogens with one attached hydrogen (secondary N) is 1. The Bertz CT molecular complexity index is 1480. The molecule has 5 rings (SSSR count). The maximum absolute atomic E-state index is 14.1. The molecule has 41 heavy (non-hydrogen) atoms. The van der Waals surface area contributed by atoms with Gasteiger partial charge in [0.25, 0.3) is 0 Å². The number of ketones is 1. The highest BCUT2D eigenvalue weighted by molar-refractivity contribution is 6.06. The number of anilines is 3. The molecule has 0 aromatic heterocycles. The molecule has 0 bridgehead atoms. The Labute approximate surface area is 239 Å². The number of fused-ring (bicyclic) bond motifs is 1. The van der Waals surface area contributed by atoms with Gasteiger partial charge in [0.1, 0.15) is 5.82 Å². The molecule has 1 aliphatic heterocycles. The van der Waals surface area contributed by atoms with Crippen LogP contribution in [0.15, 0.2) is 84.1 Å². The van der Waals surface area contributed by atoms with Crippen LogP contribution in [0.2, 0.25) is 0 Å². The summed E-state index contributed by atoms with van der Waals surface area (Å²) in [5.74, 6) is -2.02. The van der Waals surface area contributed by atoms with Crippen LogP contribution in [0.3, 0.4) is 0 Å². The molecule has 7 nitrogen and oxygen atoms in total. The van der Waals surface area contributed by atoms with Gasteiger partial charge in [0.2, 0.25) is 5.91 Å². The van der Waals surface area contributed by atoms with E-state index in [1.165, 1.54) is 12.1 Å². The summed E-state index contributed by atoms with van der Waals surface area (Å²) >= 11 is 0. The molecule has 212 valence electrons. The molecular formula is C33H34FN3O4. The Kier molecular flexibility index (Phi) is 8.19. The summed E-state index contributed by atoms with van der Waals surface area (Å²) in [7, 11) is 0. The number of benzene rings is 3. The Morgan fingerprint density at radius 3 is 2.24 bits per heavy atom. The van der Waals surface area contributed by atoms with Crippen molar-refractivity contribution in [1.29, 1.82) is 0 Å². The van der Waals surface area contributed by atoms with Gasteiger partial charge >= 0.3 is 5.97 Å². The van der Waals surface area contributed by atoms with Crippen LogP contribution in [-0.4, -0.2) is 35.9 Å². The molecule has 0 fully saturated rings. The third-order valence-corrected chi connectivity index (χ3v) is 7.99. The predicted octanol–water partition coefficient (Wildman–Crippen LogP) is 6.44. The second-order valence-electron chi connectivity index (χ2n) is 10.4. The average Bonchev–Trinajstić information content (AvgIpc) is 3.12. The number of hydrogen-bond acceptors (Lipinski definition) is 5. The van der Waals surface area contributed by atoms with Crippen molar-refractivity contribution in [3.05, 3.63) is 101 Å². The van der Waals surface area contributed by atoms with Crippen molar-refractivity contribution in [2.24, 2.45) is 0 Å². The first-order chi connectivity index (χ1) is 19.8. The molecular weight excluding hydrogens is 521 g/mol. The number of aliphatic carboxylic acids is 1. The van der Waals surface area contributed by atoms with Gasteiger partial charge in [0.15, 0.2) is 5.78 Å². The van der Waals surface area contributed by atoms with E-state index in [9.17, 15) is 23.9 Å². The zero-order valence-electron chi connectivity index (χ0n) is 23.3. The van der Waals surface area contributed by atoms with E-state index >= 15 is 0 Å². The van der Waals surface area contributed by atoms with E-state index < -0.39 is 12.0 Å². The van der Waals surface area contributed by atoms with Gasteiger partial charge in [-0.3, -0.25) is 19.3 Å². The van der Waals surface area contributed by atoms with Gasteiger partial charge in [0, 0.05) is 42.9 Å². The van der Waals surface area contributed by atoms with Gasteiger partial charge in [-0.2, -0.15) is 0 Å². The van der Waals surface area contributed by atoms with Crippen molar-refractivity contribution < 1.29 is 23.9 Å². The lowest BCUT2D eigenvalue weighted by atomic mass is 9.78. The summed E-state index contributed by atoms with van der Waals surface area (Å²) < 4.78 is 13.6. The quantitative estimate of drug-likeness (QED) is 0.333. The van der Waals surface area contributed by atoms with Crippen molar-refractivity contribution >= 4 is 34.7 Å². The summed E-state index contributed by atoms with van der Waals surface area (Å²) in [4.78, 5) is 43.1. The minimum atomic E-state index is -1.06. The average molecular weight is 556 g/mol. The molecule has 0 spiro atoms. The molecule has 0 saturated carbocycles. The molecule has 2 aliphatic rings. The van der Waals surface area contributed by atoms with Crippen molar-refractivity contribution in [1.82, 2.24) is 0 Å². The highest BCUT2D eigenvalue weighted by Gasteiger charge is 2.41. The Morgan fingerprint density at radius 2 is 1.59 bits per heavy atom. The number of halogens is 1. The molecule has 3 aromatic rings. The van der Waals surface area contributed by atoms with Gasteiger partial charge in [-0.15, -0.1) is 0 Å². The van der Waals surface area contributed by atoms with Crippen LogP contribution in [0.5, 0.6) is 0 Å². The fraction of sp³-hybridized carbons (Fsp3) is 0.303. The Morgan fingerprint density at radius 1 is 0.927 bits per heavy atom. The molecule has 1 amide bonds. The van der Waals surface area contributed by atoms with E-state index in [0.717, 1.165) is 35.6 Å². The first-order valence-corrected chi connectivity index (χ1v) is 14.1. The monoisotopic (exact) mass is 555 g/mol. The lowest BCUT2D eigenvalue weighted by Gasteiger charge is -2.35. The summed E-state index contributed by atoms with van der Waals surface area (Å²) in [6, 6.07) is 20.8. The SMILES string of the molecule is CCN(CC)c1ccc([C@@H]2C3=C(C[C@@H](c4ccc(F)cc4)CC3=O)Nc3ccccc3N2C(=O)CCC(=O)O)cc1. The fourth-order valence-electron chi connectivity index (χ4n) is 5.94. The number of hydrogen-bond donors (Lipinski definition) is 2. The molecule has 8 heteroatoms. The Balaban J connectivity index is 1.66. The van der Waals surface area contributed by atoms with Crippen molar-refractivity contribution in [3.63, 3.8) is 0 Å². The highest BCUT2D eigenvalue weighted by atomic mass is 19.1. The van der Waals surface area contributed by atoms with Gasteiger partial charge in [-0.1, -0.05) is 36.4 Å². The largest absolute Gasteiger partial charge is 0.481 e. The number of carboxylic acids is 1. The highest BCUT2D eigenvalue weighted by Crippen LogP contribution is 2.47. The van der Waals surface area contributed by atoms with Crippen LogP contribution < -0.4 is 15.1 Å². The second kappa shape index (κ2) is 12.0. The molecule has 1 heterocycles. The van der Waals surface area contributed by atoms with Crippen LogP contribution in [0.1, 0.15) is 62.6 Å². The normalized spacial score (nSPS) is 18.2. The molecule has 1 aliphatic carbocycles. The first-order valence-electron chi connectivity index (χ1n) is 14.1. The number of carbonyl (C=O) groups is 3. The van der Waals surface area contributed by atoms with E-state index in [1.807, 2.05) is 48.5 Å². The maximum atomic E-state index is 14.1. The number of allylic oxidation sites excluding steroid dienone is 1. The first kappa shape index (κ1) is 28.1. The summed E-state index contributed by atoms with van der Waals surface area (Å²) in [5, 5.41) is 12.8. The summed E-state index contributed by atoms with van der Waals surface area (Å²) in [6.45, 7) is 5.86. The lowest BCUT2D eigenvalue weighted by Crippen LogP contribution is -2.38. The molecule has 2 N–H and O–H groups in total. The molecule has 2 atom stereocenters. The molecule has 0 radical (unpaired) electrons. The summed E-state index contributed by atoms with van der Waals surface area (Å²) in [5.41, 5.74) is 5.15. The van der Waals surface area contributed by atoms with Gasteiger partial charge in [-0.25, -0.2) is 4.39 Å². The number of carboxylic acid groups (broad SMARTS) is 1. The second-order valence-corrected chi connectivity index (χ2v) is 10.4. The number of nitrogens with zero attached hydrogens (tertiary/aromatic N) is 2. The van der Waals surface area contributed by atoms with Gasteiger partial charge in [-0.05, 0) is 73.7 Å². The van der Waals surface area contributed by atoms with Crippen LogP contribution >= 0.6 is 0 Å². The van der Waals surface area contributed by atoms with Crippen LogP contribution in [-0.2, 0) is 14.4 Å². The number of para-hydroxylation sites is 2. The van der Waals surface area contributed by atoms with E-state index in [-0.39, 0.29) is 42.7 Å². The third-order valence-electron chi connectivity index (χ3n) is 7.99. The fourth-order valence-corrected chi connectivity index (χ4v) is 5.94. The molecule has 0 unspecified atom stereocenters. The number of amides is 1. The van der Waals surface area contributed by atoms with Crippen molar-refractivity contribution in [2.75, 3.05) is 28.2 Å². The standard InChI is InChI=1S/C33H34FN3O4/c1-3-36(4-2)25-15-11-22(12-16-25)33-32-27(19-23(20-29(32)38)21-9-13-24(34)14-10-21)35-26-7-5-6-8-28(26)37(33)30(39)17-18-31(40)41/h5-16,23,33,35H,3-4,17-20H2,1-2H3,(H,40,41)/t23-,33-/m1/s1. The minimum absolute atomic E-state index is 0.102. The zero-order chi connectivity index (χ0) is 29.1. The molecule has 0 saturated heterocycles. The van der Waals surface area contributed by atoms with E-state index in [1.54, 1.807) is 17.0 Å². The van der Waals surface area contributed by atoms with Gasteiger partial charge < -0.3 is 15.3 Å². The topological polar surface area (TPSA) is 90.0 Å². The minimum Gasteiger partial charge on any atom is -0.481 e. The van der Waals surface area contributed by atoms with Crippen LogP contribution in [0.4, 0.5) is 21.5 Å². The number of rotatable bonds is 8.